The van der Waals surface area contributed by atoms with Gasteiger partial charge in [-0.05, 0) is 41.7 Å². The van der Waals surface area contributed by atoms with Gasteiger partial charge < -0.3 is 9.64 Å². The van der Waals surface area contributed by atoms with E-state index in [4.69, 9.17) is 4.74 Å². The third-order valence-corrected chi connectivity index (χ3v) is 10.4. The lowest BCUT2D eigenvalue weighted by Gasteiger charge is -2.38. The summed E-state index contributed by atoms with van der Waals surface area (Å²) in [6, 6.07) is 12.7. The Kier molecular flexibility index (Phi) is 5.92. The van der Waals surface area contributed by atoms with Crippen molar-refractivity contribution in [3.8, 4) is 0 Å². The lowest BCUT2D eigenvalue weighted by molar-refractivity contribution is -0.131. The van der Waals surface area contributed by atoms with Crippen molar-refractivity contribution in [1.82, 2.24) is 14.1 Å². The zero-order valence-corrected chi connectivity index (χ0v) is 19.9. The Morgan fingerprint density at radius 1 is 1.06 bits per heavy atom. The number of ether oxygens (including phenoxy) is 1. The fourth-order valence-corrected chi connectivity index (χ4v) is 7.70. The van der Waals surface area contributed by atoms with Crippen LogP contribution in [-0.4, -0.2) is 73.9 Å². The van der Waals surface area contributed by atoms with E-state index in [9.17, 15) is 18.0 Å². The normalized spacial score (nSPS) is 23.3. The molecule has 2 amide bonds. The number of carbonyl (C=O) groups is 2. The van der Waals surface area contributed by atoms with Gasteiger partial charge in [0.05, 0.1) is 6.04 Å². The molecule has 33 heavy (non-hydrogen) atoms. The number of carbonyl (C=O) groups excluding carboxylic acids is 2. The van der Waals surface area contributed by atoms with Gasteiger partial charge in [0, 0.05) is 26.2 Å². The standard InChI is InChI=1S/C23H27N3O5S2/c27-20(15-26-19(16-31-22(26)28)18-5-2-1-3-6-18)24-11-8-23(17-24)9-12-25(13-10-23)33(29,30)21-7-4-14-32-21/h1-7,14,19H,8-13,15-17H2/t19-/m1/s1. The van der Waals surface area contributed by atoms with Gasteiger partial charge in [-0.2, -0.15) is 4.31 Å². The average Bonchev–Trinajstić information content (AvgIpc) is 3.57. The van der Waals surface area contributed by atoms with Gasteiger partial charge in [-0.3, -0.25) is 9.69 Å². The summed E-state index contributed by atoms with van der Waals surface area (Å²) in [4.78, 5) is 28.7. The van der Waals surface area contributed by atoms with Gasteiger partial charge >= 0.3 is 6.09 Å². The molecule has 1 atom stereocenters. The summed E-state index contributed by atoms with van der Waals surface area (Å²) in [6.07, 6.45) is 1.87. The molecule has 176 valence electrons. The Labute approximate surface area is 197 Å². The van der Waals surface area contributed by atoms with Gasteiger partial charge in [0.25, 0.3) is 10.0 Å². The number of hydrogen-bond donors (Lipinski definition) is 0. The minimum atomic E-state index is -3.44. The van der Waals surface area contributed by atoms with Crippen LogP contribution in [0, 0.1) is 5.41 Å². The van der Waals surface area contributed by atoms with E-state index in [-0.39, 0.29) is 30.5 Å². The van der Waals surface area contributed by atoms with E-state index in [1.54, 1.807) is 21.8 Å². The third kappa shape index (κ3) is 4.27. The molecule has 5 rings (SSSR count). The Morgan fingerprint density at radius 2 is 1.79 bits per heavy atom. The van der Waals surface area contributed by atoms with E-state index < -0.39 is 16.1 Å². The minimum absolute atomic E-state index is 0.00659. The molecule has 1 aromatic heterocycles. The van der Waals surface area contributed by atoms with E-state index in [1.165, 1.54) is 16.2 Å². The molecular weight excluding hydrogens is 462 g/mol. The number of piperidine rings is 1. The maximum atomic E-state index is 13.1. The van der Waals surface area contributed by atoms with E-state index in [0.717, 1.165) is 24.8 Å². The number of sulfonamides is 1. The summed E-state index contributed by atoms with van der Waals surface area (Å²) in [5, 5.41) is 1.78. The molecule has 3 fully saturated rings. The molecule has 0 N–H and O–H groups in total. The van der Waals surface area contributed by atoms with Crippen LogP contribution in [-0.2, 0) is 19.6 Å². The van der Waals surface area contributed by atoms with Gasteiger partial charge in [-0.25, -0.2) is 13.2 Å². The molecule has 0 radical (unpaired) electrons. The molecule has 0 aliphatic carbocycles. The predicted octanol–water partition coefficient (Wildman–Crippen LogP) is 2.94. The molecule has 0 saturated carbocycles. The molecule has 3 aliphatic rings. The lowest BCUT2D eigenvalue weighted by atomic mass is 9.78. The first kappa shape index (κ1) is 22.4. The first-order chi connectivity index (χ1) is 15.9. The molecule has 4 heterocycles. The third-order valence-electron chi connectivity index (χ3n) is 7.13. The van der Waals surface area contributed by atoms with Crippen LogP contribution in [0.2, 0.25) is 0 Å². The van der Waals surface area contributed by atoms with Crippen molar-refractivity contribution in [2.75, 3.05) is 39.3 Å². The highest BCUT2D eigenvalue weighted by atomic mass is 32.2. The van der Waals surface area contributed by atoms with Crippen molar-refractivity contribution in [2.24, 2.45) is 5.41 Å². The molecule has 0 unspecified atom stereocenters. The summed E-state index contributed by atoms with van der Waals surface area (Å²) in [7, 11) is -3.44. The Hall–Kier alpha value is -2.43. The predicted molar refractivity (Wildman–Crippen MR) is 123 cm³/mol. The van der Waals surface area contributed by atoms with Crippen molar-refractivity contribution >= 4 is 33.4 Å². The summed E-state index contributed by atoms with van der Waals surface area (Å²) >= 11 is 1.24. The number of benzene rings is 1. The SMILES string of the molecule is O=C(CN1C(=O)OC[C@@H]1c1ccccc1)N1CCC2(CCN(S(=O)(=O)c3cccs3)CC2)C1. The molecule has 10 heteroatoms. The van der Waals surface area contributed by atoms with Crippen LogP contribution < -0.4 is 0 Å². The highest BCUT2D eigenvalue weighted by Crippen LogP contribution is 2.42. The maximum Gasteiger partial charge on any atom is 0.410 e. The lowest BCUT2D eigenvalue weighted by Crippen LogP contribution is -2.45. The van der Waals surface area contributed by atoms with E-state index in [0.29, 0.717) is 30.4 Å². The number of cyclic esters (lactones) is 1. The van der Waals surface area contributed by atoms with Crippen molar-refractivity contribution in [2.45, 2.75) is 29.5 Å². The van der Waals surface area contributed by atoms with Gasteiger partial charge in [0.1, 0.15) is 17.4 Å². The van der Waals surface area contributed by atoms with Crippen LogP contribution >= 0.6 is 11.3 Å². The summed E-state index contributed by atoms with van der Waals surface area (Å²) in [5.41, 5.74) is 0.898. The fraction of sp³-hybridized carbons (Fsp3) is 0.478. The molecule has 3 aliphatic heterocycles. The number of amides is 2. The first-order valence-corrected chi connectivity index (χ1v) is 13.5. The van der Waals surface area contributed by atoms with Crippen molar-refractivity contribution < 1.29 is 22.7 Å². The van der Waals surface area contributed by atoms with Gasteiger partial charge in [-0.15, -0.1) is 11.3 Å². The highest BCUT2D eigenvalue weighted by molar-refractivity contribution is 7.91. The van der Waals surface area contributed by atoms with Crippen LogP contribution in [0.1, 0.15) is 30.9 Å². The molecule has 3 saturated heterocycles. The Balaban J connectivity index is 1.20. The largest absolute Gasteiger partial charge is 0.447 e. The van der Waals surface area contributed by atoms with Crippen LogP contribution in [0.5, 0.6) is 0 Å². The van der Waals surface area contributed by atoms with Gasteiger partial charge in [0.2, 0.25) is 5.91 Å². The van der Waals surface area contributed by atoms with Gasteiger partial charge in [-0.1, -0.05) is 36.4 Å². The second-order valence-electron chi connectivity index (χ2n) is 9.03. The van der Waals surface area contributed by atoms with Crippen LogP contribution in [0.15, 0.2) is 52.1 Å². The molecule has 0 bridgehead atoms. The van der Waals surface area contributed by atoms with Crippen LogP contribution in [0.25, 0.3) is 0 Å². The molecular formula is C23H27N3O5S2. The number of thiophene rings is 1. The zero-order chi connectivity index (χ0) is 23.1. The van der Waals surface area contributed by atoms with E-state index in [1.807, 2.05) is 35.2 Å². The summed E-state index contributed by atoms with van der Waals surface area (Å²) in [6.45, 7) is 2.42. The Morgan fingerprint density at radius 3 is 2.48 bits per heavy atom. The smallest absolute Gasteiger partial charge is 0.410 e. The fourth-order valence-electron chi connectivity index (χ4n) is 5.12. The Bertz CT molecular complexity index is 1110. The topological polar surface area (TPSA) is 87.2 Å². The van der Waals surface area contributed by atoms with Crippen LogP contribution in [0.3, 0.4) is 0 Å². The van der Waals surface area contributed by atoms with E-state index in [2.05, 4.69) is 0 Å². The monoisotopic (exact) mass is 489 g/mol. The number of hydrogen-bond acceptors (Lipinski definition) is 6. The summed E-state index contributed by atoms with van der Waals surface area (Å²) < 4.78 is 32.8. The number of likely N-dealkylation sites (tertiary alicyclic amines) is 1. The van der Waals surface area contributed by atoms with Crippen molar-refractivity contribution in [3.63, 3.8) is 0 Å². The second kappa shape index (κ2) is 8.73. The molecule has 2 aromatic rings. The van der Waals surface area contributed by atoms with E-state index >= 15 is 0 Å². The second-order valence-corrected chi connectivity index (χ2v) is 12.1. The average molecular weight is 490 g/mol. The highest BCUT2D eigenvalue weighted by Gasteiger charge is 2.45. The minimum Gasteiger partial charge on any atom is -0.447 e. The number of rotatable bonds is 5. The molecule has 1 spiro atoms. The maximum absolute atomic E-state index is 13.1. The van der Waals surface area contributed by atoms with Gasteiger partial charge in [0.15, 0.2) is 0 Å². The van der Waals surface area contributed by atoms with Crippen molar-refractivity contribution in [3.05, 3.63) is 53.4 Å². The molecule has 1 aromatic carbocycles. The quantitative estimate of drug-likeness (QED) is 0.645. The van der Waals surface area contributed by atoms with Crippen molar-refractivity contribution in [1.29, 1.82) is 0 Å². The zero-order valence-electron chi connectivity index (χ0n) is 18.3. The first-order valence-electron chi connectivity index (χ1n) is 11.2. The molecule has 8 nitrogen and oxygen atoms in total. The summed E-state index contributed by atoms with van der Waals surface area (Å²) in [5.74, 6) is -0.0831. The number of nitrogens with zero attached hydrogens (tertiary/aromatic N) is 3. The van der Waals surface area contributed by atoms with Crippen LogP contribution in [0.4, 0.5) is 4.79 Å².